The molecule has 1 aromatic rings. The van der Waals surface area contributed by atoms with Crippen LogP contribution in [0.2, 0.25) is 10.0 Å². The Bertz CT molecular complexity index is 465. The first kappa shape index (κ1) is 15.3. The molecule has 3 N–H and O–H groups in total. The first-order valence-electron chi connectivity index (χ1n) is 5.61. The first-order valence-corrected chi connectivity index (χ1v) is 6.36. The lowest BCUT2D eigenvalue weighted by atomic mass is 9.74. The number of halogens is 2. The number of hydrogen-bond acceptors (Lipinski definition) is 2. The van der Waals surface area contributed by atoms with Crippen LogP contribution < -0.4 is 11.1 Å². The monoisotopic (exact) mass is 288 g/mol. The number of hydrogen-bond donors (Lipinski definition) is 2. The van der Waals surface area contributed by atoms with Gasteiger partial charge in [-0.05, 0) is 45.9 Å². The molecular weight excluding hydrogens is 271 g/mol. The van der Waals surface area contributed by atoms with Crippen molar-refractivity contribution in [2.75, 3.05) is 5.32 Å². The normalized spacial score (nSPS) is 12.4. The van der Waals surface area contributed by atoms with E-state index in [1.807, 2.05) is 13.8 Å². The number of benzene rings is 1. The predicted octanol–water partition coefficient (Wildman–Crippen LogP) is 3.70. The lowest BCUT2D eigenvalue weighted by Crippen LogP contribution is -2.53. The van der Waals surface area contributed by atoms with E-state index in [9.17, 15) is 4.79 Å². The van der Waals surface area contributed by atoms with Crippen LogP contribution in [-0.4, -0.2) is 11.4 Å². The first-order chi connectivity index (χ1) is 8.05. The van der Waals surface area contributed by atoms with Gasteiger partial charge in [-0.1, -0.05) is 23.2 Å². The van der Waals surface area contributed by atoms with Gasteiger partial charge in [-0.2, -0.15) is 0 Å². The van der Waals surface area contributed by atoms with Crippen molar-refractivity contribution >= 4 is 34.8 Å². The summed E-state index contributed by atoms with van der Waals surface area (Å²) in [4.78, 5) is 12.2. The van der Waals surface area contributed by atoms with Crippen LogP contribution in [0.1, 0.15) is 27.7 Å². The fourth-order valence-electron chi connectivity index (χ4n) is 1.15. The van der Waals surface area contributed by atoms with Crippen molar-refractivity contribution in [1.82, 2.24) is 0 Å². The van der Waals surface area contributed by atoms with Gasteiger partial charge in [-0.3, -0.25) is 4.79 Å². The molecule has 1 rings (SSSR count). The summed E-state index contributed by atoms with van der Waals surface area (Å²) in [6.45, 7) is 7.25. The third-order valence-electron chi connectivity index (χ3n) is 3.36. The average Bonchev–Trinajstić information content (AvgIpc) is 2.21. The number of rotatable bonds is 3. The van der Waals surface area contributed by atoms with Crippen molar-refractivity contribution in [3.05, 3.63) is 28.2 Å². The van der Waals surface area contributed by atoms with Crippen LogP contribution in [0, 0.1) is 5.41 Å². The molecule has 0 fully saturated rings. The number of carbonyl (C=O) groups excluding carboxylic acids is 1. The third-order valence-corrected chi connectivity index (χ3v) is 4.09. The van der Waals surface area contributed by atoms with Crippen molar-refractivity contribution in [2.24, 2.45) is 11.1 Å². The minimum absolute atomic E-state index is 0.159. The zero-order chi connectivity index (χ0) is 14.1. The summed E-state index contributed by atoms with van der Waals surface area (Å²) in [7, 11) is 0. The molecule has 3 nitrogen and oxygen atoms in total. The van der Waals surface area contributed by atoms with Crippen LogP contribution in [0.5, 0.6) is 0 Å². The fourth-order valence-corrected chi connectivity index (χ4v) is 1.45. The van der Waals surface area contributed by atoms with E-state index < -0.39 is 11.0 Å². The number of anilines is 1. The molecule has 0 aliphatic rings. The van der Waals surface area contributed by atoms with Crippen molar-refractivity contribution in [1.29, 1.82) is 0 Å². The molecule has 0 aliphatic carbocycles. The molecule has 0 saturated carbocycles. The van der Waals surface area contributed by atoms with Gasteiger partial charge < -0.3 is 11.1 Å². The topological polar surface area (TPSA) is 55.1 Å². The quantitative estimate of drug-likeness (QED) is 0.891. The Labute approximate surface area is 118 Å². The maximum atomic E-state index is 12.2. The molecule has 0 radical (unpaired) electrons. The molecule has 100 valence electrons. The molecule has 0 saturated heterocycles. The Kier molecular flexibility index (Phi) is 4.31. The molecule has 1 amide bonds. The summed E-state index contributed by atoms with van der Waals surface area (Å²) in [5.41, 5.74) is 5.28. The van der Waals surface area contributed by atoms with E-state index in [2.05, 4.69) is 5.32 Å². The summed E-state index contributed by atoms with van der Waals surface area (Å²) < 4.78 is 0. The maximum absolute atomic E-state index is 12.2. The van der Waals surface area contributed by atoms with Gasteiger partial charge in [0, 0.05) is 11.2 Å². The van der Waals surface area contributed by atoms with Crippen LogP contribution in [0.15, 0.2) is 18.2 Å². The summed E-state index contributed by atoms with van der Waals surface area (Å²) in [5, 5.41) is 3.65. The molecule has 0 aliphatic heterocycles. The minimum atomic E-state index is -0.709. The second-order valence-electron chi connectivity index (χ2n) is 5.43. The summed E-state index contributed by atoms with van der Waals surface area (Å²) >= 11 is 11.7. The molecule has 0 bridgehead atoms. The molecule has 0 spiro atoms. The lowest BCUT2D eigenvalue weighted by Gasteiger charge is -2.36. The highest BCUT2D eigenvalue weighted by Crippen LogP contribution is 2.31. The van der Waals surface area contributed by atoms with Crippen LogP contribution >= 0.6 is 23.2 Å². The second kappa shape index (κ2) is 5.08. The average molecular weight is 289 g/mol. The van der Waals surface area contributed by atoms with Crippen molar-refractivity contribution < 1.29 is 4.79 Å². The Morgan fingerprint density at radius 1 is 1.17 bits per heavy atom. The largest absolute Gasteiger partial charge is 0.326 e. The van der Waals surface area contributed by atoms with E-state index >= 15 is 0 Å². The molecule has 18 heavy (non-hydrogen) atoms. The van der Waals surface area contributed by atoms with Gasteiger partial charge in [0.05, 0.1) is 15.5 Å². The van der Waals surface area contributed by atoms with Gasteiger partial charge >= 0.3 is 0 Å². The van der Waals surface area contributed by atoms with Gasteiger partial charge in [-0.15, -0.1) is 0 Å². The highest BCUT2D eigenvalue weighted by Gasteiger charge is 2.40. The SMILES string of the molecule is CC(C)(N)C(C)(C)C(=O)Nc1ccc(Cl)c(Cl)c1. The van der Waals surface area contributed by atoms with Crippen molar-refractivity contribution in [2.45, 2.75) is 33.2 Å². The van der Waals surface area contributed by atoms with Gasteiger partial charge in [0.2, 0.25) is 5.91 Å². The molecule has 1 aromatic carbocycles. The Balaban J connectivity index is 2.91. The van der Waals surface area contributed by atoms with E-state index in [-0.39, 0.29) is 5.91 Å². The molecule has 0 heterocycles. The van der Waals surface area contributed by atoms with Crippen LogP contribution in [0.25, 0.3) is 0 Å². The molecule has 0 atom stereocenters. The van der Waals surface area contributed by atoms with Crippen molar-refractivity contribution in [3.8, 4) is 0 Å². The van der Waals surface area contributed by atoms with E-state index in [1.54, 1.807) is 32.0 Å². The third kappa shape index (κ3) is 3.16. The second-order valence-corrected chi connectivity index (χ2v) is 6.24. The van der Waals surface area contributed by atoms with E-state index in [1.165, 1.54) is 0 Å². The molecular formula is C13H18Cl2N2O. The smallest absolute Gasteiger partial charge is 0.231 e. The maximum Gasteiger partial charge on any atom is 0.231 e. The van der Waals surface area contributed by atoms with Gasteiger partial charge in [0.15, 0.2) is 0 Å². The van der Waals surface area contributed by atoms with Crippen LogP contribution in [-0.2, 0) is 4.79 Å². The Morgan fingerprint density at radius 2 is 1.72 bits per heavy atom. The predicted molar refractivity (Wildman–Crippen MR) is 77.1 cm³/mol. The number of carbonyl (C=O) groups is 1. The van der Waals surface area contributed by atoms with E-state index in [0.29, 0.717) is 15.7 Å². The molecule has 0 aromatic heterocycles. The zero-order valence-electron chi connectivity index (χ0n) is 11.0. The number of nitrogens with one attached hydrogen (secondary N) is 1. The van der Waals surface area contributed by atoms with E-state index in [4.69, 9.17) is 28.9 Å². The standard InChI is InChI=1S/C13H18Cl2N2O/c1-12(2,13(3,4)16)11(18)17-8-5-6-9(14)10(15)7-8/h5-7H,16H2,1-4H3,(H,17,18). The lowest BCUT2D eigenvalue weighted by molar-refractivity contribution is -0.126. The van der Waals surface area contributed by atoms with Crippen LogP contribution in [0.3, 0.4) is 0 Å². The fraction of sp³-hybridized carbons (Fsp3) is 0.462. The van der Waals surface area contributed by atoms with Crippen LogP contribution in [0.4, 0.5) is 5.69 Å². The van der Waals surface area contributed by atoms with E-state index in [0.717, 1.165) is 0 Å². The highest BCUT2D eigenvalue weighted by molar-refractivity contribution is 6.42. The van der Waals surface area contributed by atoms with Gasteiger partial charge in [-0.25, -0.2) is 0 Å². The molecule has 0 unspecified atom stereocenters. The highest BCUT2D eigenvalue weighted by atomic mass is 35.5. The van der Waals surface area contributed by atoms with Crippen molar-refractivity contribution in [3.63, 3.8) is 0 Å². The Morgan fingerprint density at radius 3 is 2.17 bits per heavy atom. The summed E-state index contributed by atoms with van der Waals surface area (Å²) in [5.74, 6) is -0.159. The zero-order valence-corrected chi connectivity index (χ0v) is 12.5. The summed E-state index contributed by atoms with van der Waals surface area (Å²) in [6, 6.07) is 4.95. The Hall–Kier alpha value is -0.770. The summed E-state index contributed by atoms with van der Waals surface area (Å²) in [6.07, 6.45) is 0. The minimum Gasteiger partial charge on any atom is -0.326 e. The number of amides is 1. The number of nitrogens with two attached hydrogens (primary N) is 1. The van der Waals surface area contributed by atoms with Gasteiger partial charge in [0.25, 0.3) is 0 Å². The molecule has 5 heteroatoms. The van der Waals surface area contributed by atoms with Gasteiger partial charge in [0.1, 0.15) is 0 Å².